The largest absolute Gasteiger partial charge is 0.417 e. The maximum absolute atomic E-state index is 12.7. The van der Waals surface area contributed by atoms with Crippen LogP contribution < -0.4 is 0 Å². The van der Waals surface area contributed by atoms with E-state index in [4.69, 9.17) is 0 Å². The van der Waals surface area contributed by atoms with E-state index in [0.29, 0.717) is 11.5 Å². The van der Waals surface area contributed by atoms with Crippen molar-refractivity contribution in [1.82, 2.24) is 14.5 Å². The van der Waals surface area contributed by atoms with Crippen LogP contribution in [0, 0.1) is 0 Å². The zero-order chi connectivity index (χ0) is 14.5. The van der Waals surface area contributed by atoms with Crippen LogP contribution in [0.2, 0.25) is 0 Å². The number of aryl methyl sites for hydroxylation is 1. The molecule has 0 atom stereocenters. The summed E-state index contributed by atoms with van der Waals surface area (Å²) in [6.45, 7) is 0. The second-order valence-electron chi connectivity index (χ2n) is 4.17. The fraction of sp³-hybridized carbons (Fsp3) is 0.167. The highest BCUT2D eigenvalue weighted by molar-refractivity contribution is 9.11. The summed E-state index contributed by atoms with van der Waals surface area (Å²) in [7, 11) is 1.73. The molecule has 3 aromatic heterocycles. The summed E-state index contributed by atoms with van der Waals surface area (Å²) >= 11 is 4.89. The molecule has 8 heteroatoms. The lowest BCUT2D eigenvalue weighted by atomic mass is 10.2. The minimum atomic E-state index is -4.41. The Hall–Kier alpha value is -1.41. The van der Waals surface area contributed by atoms with E-state index >= 15 is 0 Å². The number of halogens is 4. The molecule has 0 saturated heterocycles. The number of pyridine rings is 1. The van der Waals surface area contributed by atoms with Crippen molar-refractivity contribution < 1.29 is 13.2 Å². The van der Waals surface area contributed by atoms with Gasteiger partial charge in [-0.25, -0.2) is 9.97 Å². The molecule has 3 rings (SSSR count). The maximum atomic E-state index is 12.7. The van der Waals surface area contributed by atoms with Crippen molar-refractivity contribution in [3.05, 3.63) is 33.1 Å². The van der Waals surface area contributed by atoms with Gasteiger partial charge in [0.15, 0.2) is 5.65 Å². The standard InChI is InChI=1S/C12H7BrF3N3S/c1-19-10(7-2-3-20-9(7)13)18-8-4-6(12(14,15)16)5-17-11(8)19/h2-5H,1H3. The van der Waals surface area contributed by atoms with Crippen LogP contribution in [0.15, 0.2) is 27.5 Å². The van der Waals surface area contributed by atoms with E-state index in [1.165, 1.54) is 11.3 Å². The number of fused-ring (bicyclic) bond motifs is 1. The van der Waals surface area contributed by atoms with E-state index in [2.05, 4.69) is 25.9 Å². The molecule has 0 aliphatic rings. The van der Waals surface area contributed by atoms with Crippen LogP contribution in [-0.4, -0.2) is 14.5 Å². The van der Waals surface area contributed by atoms with Crippen LogP contribution in [0.3, 0.4) is 0 Å². The second-order valence-corrected chi connectivity index (χ2v) is 6.40. The van der Waals surface area contributed by atoms with E-state index < -0.39 is 11.7 Å². The molecule has 104 valence electrons. The molecule has 3 nitrogen and oxygen atoms in total. The molecule has 0 aliphatic heterocycles. The van der Waals surface area contributed by atoms with Crippen LogP contribution in [0.4, 0.5) is 13.2 Å². The van der Waals surface area contributed by atoms with E-state index in [-0.39, 0.29) is 5.52 Å². The third-order valence-corrected chi connectivity index (χ3v) is 4.58. The van der Waals surface area contributed by atoms with Crippen molar-refractivity contribution in [2.75, 3.05) is 0 Å². The highest BCUT2D eigenvalue weighted by atomic mass is 79.9. The van der Waals surface area contributed by atoms with Gasteiger partial charge in [-0.15, -0.1) is 11.3 Å². The van der Waals surface area contributed by atoms with Crippen molar-refractivity contribution >= 4 is 38.4 Å². The van der Waals surface area contributed by atoms with E-state index in [9.17, 15) is 13.2 Å². The Bertz CT molecular complexity index is 791. The second kappa shape index (κ2) is 4.56. The van der Waals surface area contributed by atoms with Crippen molar-refractivity contribution in [3.63, 3.8) is 0 Å². The van der Waals surface area contributed by atoms with Crippen LogP contribution in [0.25, 0.3) is 22.6 Å². The summed E-state index contributed by atoms with van der Waals surface area (Å²) in [5.41, 5.74) is 0.699. The van der Waals surface area contributed by atoms with Crippen LogP contribution in [0.1, 0.15) is 5.56 Å². The SMILES string of the molecule is Cn1c(-c2ccsc2Br)nc2cc(C(F)(F)F)cnc21. The minimum Gasteiger partial charge on any atom is -0.312 e. The molecule has 20 heavy (non-hydrogen) atoms. The van der Waals surface area contributed by atoms with Gasteiger partial charge in [-0.3, -0.25) is 0 Å². The normalized spacial score (nSPS) is 12.2. The van der Waals surface area contributed by atoms with Gasteiger partial charge in [0.05, 0.1) is 9.35 Å². The molecule has 3 aromatic rings. The molecule has 0 aromatic carbocycles. The van der Waals surface area contributed by atoms with Crippen molar-refractivity contribution in [2.24, 2.45) is 7.05 Å². The van der Waals surface area contributed by atoms with Gasteiger partial charge in [0.2, 0.25) is 0 Å². The van der Waals surface area contributed by atoms with Crippen molar-refractivity contribution in [3.8, 4) is 11.4 Å². The average molecular weight is 362 g/mol. The molecule has 0 saturated carbocycles. The molecule has 0 N–H and O–H groups in total. The summed E-state index contributed by atoms with van der Waals surface area (Å²) < 4.78 is 40.6. The predicted molar refractivity (Wildman–Crippen MR) is 74.5 cm³/mol. The first-order valence-electron chi connectivity index (χ1n) is 5.51. The topological polar surface area (TPSA) is 30.7 Å². The first-order chi connectivity index (χ1) is 9.38. The fourth-order valence-corrected chi connectivity index (χ4v) is 3.17. The summed E-state index contributed by atoms with van der Waals surface area (Å²) in [5, 5.41) is 1.88. The van der Waals surface area contributed by atoms with Crippen LogP contribution >= 0.6 is 27.3 Å². The van der Waals surface area contributed by atoms with Gasteiger partial charge < -0.3 is 4.57 Å². The zero-order valence-electron chi connectivity index (χ0n) is 10.1. The molecule has 0 aliphatic carbocycles. The Kier molecular flexibility index (Phi) is 3.09. The molecule has 0 radical (unpaired) electrons. The van der Waals surface area contributed by atoms with E-state index in [1.54, 1.807) is 11.6 Å². The average Bonchev–Trinajstić information content (AvgIpc) is 2.92. The molecule has 0 fully saturated rings. The highest BCUT2D eigenvalue weighted by Crippen LogP contribution is 2.35. The summed E-state index contributed by atoms with van der Waals surface area (Å²) in [6.07, 6.45) is -3.59. The maximum Gasteiger partial charge on any atom is 0.417 e. The molecule has 0 bridgehead atoms. The zero-order valence-corrected chi connectivity index (χ0v) is 12.5. The van der Waals surface area contributed by atoms with Gasteiger partial charge >= 0.3 is 6.18 Å². The third kappa shape index (κ3) is 2.12. The predicted octanol–water partition coefficient (Wildman–Crippen LogP) is 4.48. The van der Waals surface area contributed by atoms with Gasteiger partial charge in [-0.2, -0.15) is 13.2 Å². The number of aromatic nitrogens is 3. The molecular weight excluding hydrogens is 355 g/mol. The minimum absolute atomic E-state index is 0.232. The number of imidazole rings is 1. The Morgan fingerprint density at radius 3 is 2.70 bits per heavy atom. The van der Waals surface area contributed by atoms with Gasteiger partial charge in [0, 0.05) is 18.8 Å². The van der Waals surface area contributed by atoms with E-state index in [1.807, 2.05) is 11.4 Å². The number of alkyl halides is 3. The lowest BCUT2D eigenvalue weighted by Gasteiger charge is -2.05. The molecular formula is C12H7BrF3N3S. The Morgan fingerprint density at radius 2 is 2.10 bits per heavy atom. The number of hydrogen-bond acceptors (Lipinski definition) is 3. The first-order valence-corrected chi connectivity index (χ1v) is 7.18. The monoisotopic (exact) mass is 361 g/mol. The number of thiophene rings is 1. The number of rotatable bonds is 1. The Morgan fingerprint density at radius 1 is 1.35 bits per heavy atom. The van der Waals surface area contributed by atoms with Gasteiger partial charge in [0.25, 0.3) is 0 Å². The summed E-state index contributed by atoms with van der Waals surface area (Å²) in [4.78, 5) is 8.14. The molecule has 0 spiro atoms. The summed E-state index contributed by atoms with van der Waals surface area (Å²) in [5.74, 6) is 0.583. The molecule has 0 unspecified atom stereocenters. The Balaban J connectivity index is 2.22. The first kappa shape index (κ1) is 13.6. The molecule has 3 heterocycles. The van der Waals surface area contributed by atoms with Crippen molar-refractivity contribution in [2.45, 2.75) is 6.18 Å². The lowest BCUT2D eigenvalue weighted by Crippen LogP contribution is -2.05. The van der Waals surface area contributed by atoms with Crippen LogP contribution in [0.5, 0.6) is 0 Å². The van der Waals surface area contributed by atoms with E-state index in [0.717, 1.165) is 21.6 Å². The molecule has 0 amide bonds. The highest BCUT2D eigenvalue weighted by Gasteiger charge is 2.31. The third-order valence-electron chi connectivity index (χ3n) is 2.90. The smallest absolute Gasteiger partial charge is 0.312 e. The van der Waals surface area contributed by atoms with Gasteiger partial charge in [-0.1, -0.05) is 0 Å². The van der Waals surface area contributed by atoms with Gasteiger partial charge in [0.1, 0.15) is 11.3 Å². The fourth-order valence-electron chi connectivity index (χ4n) is 1.93. The quantitative estimate of drug-likeness (QED) is 0.639. The summed E-state index contributed by atoms with van der Waals surface area (Å²) in [6, 6.07) is 2.88. The number of hydrogen-bond donors (Lipinski definition) is 0. The van der Waals surface area contributed by atoms with Crippen molar-refractivity contribution in [1.29, 1.82) is 0 Å². The Labute approximate surface area is 124 Å². The number of nitrogens with zero attached hydrogens (tertiary/aromatic N) is 3. The van der Waals surface area contributed by atoms with Crippen LogP contribution in [-0.2, 0) is 13.2 Å². The lowest BCUT2D eigenvalue weighted by molar-refractivity contribution is -0.137. The van der Waals surface area contributed by atoms with Gasteiger partial charge in [-0.05, 0) is 33.4 Å².